The van der Waals surface area contributed by atoms with Gasteiger partial charge in [0.05, 0.1) is 12.0 Å². The van der Waals surface area contributed by atoms with Gasteiger partial charge in [-0.1, -0.05) is 0 Å². The van der Waals surface area contributed by atoms with E-state index in [9.17, 15) is 4.79 Å². The van der Waals surface area contributed by atoms with Crippen molar-refractivity contribution in [1.29, 1.82) is 0 Å². The summed E-state index contributed by atoms with van der Waals surface area (Å²) >= 11 is 1.43. The lowest BCUT2D eigenvalue weighted by Crippen LogP contribution is -2.05. The minimum Gasteiger partial charge on any atom is -0.497 e. The average Bonchev–Trinajstić information content (AvgIpc) is 2.74. The molecule has 0 radical (unpaired) electrons. The number of carbonyl (C=O) groups excluding carboxylic acids is 1. The number of ketones is 1. The highest BCUT2D eigenvalue weighted by Gasteiger charge is 2.16. The lowest BCUT2D eigenvalue weighted by Gasteiger charge is -2.06. The van der Waals surface area contributed by atoms with Gasteiger partial charge >= 0.3 is 0 Å². The normalized spacial score (nSPS) is 10.2. The fourth-order valence-electron chi connectivity index (χ4n) is 1.60. The molecule has 0 aliphatic rings. The second-order valence-corrected chi connectivity index (χ2v) is 4.63. The molecule has 0 saturated heterocycles. The van der Waals surface area contributed by atoms with Crippen molar-refractivity contribution in [3.8, 4) is 5.75 Å². The standard InChI is InChI=1S/C13H13NO2S/c1-8-5-6-17-13(8)12(15)10-4-3-9(16-2)7-11(10)14/h3-7H,14H2,1-2H3. The van der Waals surface area contributed by atoms with Crippen LogP contribution in [0.4, 0.5) is 5.69 Å². The van der Waals surface area contributed by atoms with Gasteiger partial charge in [-0.3, -0.25) is 4.79 Å². The molecule has 2 aromatic rings. The summed E-state index contributed by atoms with van der Waals surface area (Å²) in [4.78, 5) is 13.0. The predicted molar refractivity (Wildman–Crippen MR) is 69.9 cm³/mol. The third kappa shape index (κ3) is 2.17. The van der Waals surface area contributed by atoms with Crippen LogP contribution in [-0.2, 0) is 0 Å². The van der Waals surface area contributed by atoms with E-state index in [0.29, 0.717) is 17.0 Å². The largest absolute Gasteiger partial charge is 0.497 e. The van der Waals surface area contributed by atoms with Crippen LogP contribution in [-0.4, -0.2) is 12.9 Å². The van der Waals surface area contributed by atoms with E-state index in [0.717, 1.165) is 10.4 Å². The number of thiophene rings is 1. The predicted octanol–water partition coefficient (Wildman–Crippen LogP) is 2.88. The Kier molecular flexibility index (Phi) is 3.15. The molecule has 0 saturated carbocycles. The van der Waals surface area contributed by atoms with Crippen LogP contribution < -0.4 is 10.5 Å². The molecule has 0 bridgehead atoms. The molecule has 1 heterocycles. The van der Waals surface area contributed by atoms with Crippen molar-refractivity contribution in [1.82, 2.24) is 0 Å². The summed E-state index contributed by atoms with van der Waals surface area (Å²) in [7, 11) is 1.57. The maximum absolute atomic E-state index is 12.2. The molecule has 0 unspecified atom stereocenters. The summed E-state index contributed by atoms with van der Waals surface area (Å²) in [5.74, 6) is 0.625. The smallest absolute Gasteiger partial charge is 0.205 e. The third-order valence-electron chi connectivity index (χ3n) is 2.57. The zero-order valence-corrected chi connectivity index (χ0v) is 10.5. The number of hydrogen-bond donors (Lipinski definition) is 1. The first-order valence-corrected chi connectivity index (χ1v) is 6.03. The van der Waals surface area contributed by atoms with Gasteiger partial charge in [0.25, 0.3) is 0 Å². The minimum absolute atomic E-state index is 0.0300. The topological polar surface area (TPSA) is 52.3 Å². The molecule has 1 aromatic heterocycles. The van der Waals surface area contributed by atoms with Crippen molar-refractivity contribution in [2.45, 2.75) is 6.92 Å². The molecule has 2 rings (SSSR count). The minimum atomic E-state index is -0.0300. The monoisotopic (exact) mass is 247 g/mol. The number of ether oxygens (including phenoxy) is 1. The Morgan fingerprint density at radius 3 is 2.65 bits per heavy atom. The molecule has 2 N–H and O–H groups in total. The molecular weight excluding hydrogens is 234 g/mol. The molecule has 0 aliphatic heterocycles. The number of carbonyl (C=O) groups is 1. The van der Waals surface area contributed by atoms with E-state index in [4.69, 9.17) is 10.5 Å². The van der Waals surface area contributed by atoms with Gasteiger partial charge in [0.15, 0.2) is 0 Å². The highest BCUT2D eigenvalue weighted by molar-refractivity contribution is 7.12. The quantitative estimate of drug-likeness (QED) is 0.670. The van der Waals surface area contributed by atoms with Crippen molar-refractivity contribution in [2.24, 2.45) is 0 Å². The fourth-order valence-corrected chi connectivity index (χ4v) is 2.48. The van der Waals surface area contributed by atoms with E-state index in [1.165, 1.54) is 11.3 Å². The van der Waals surface area contributed by atoms with Crippen molar-refractivity contribution in [3.63, 3.8) is 0 Å². The Morgan fingerprint density at radius 2 is 2.12 bits per heavy atom. The van der Waals surface area contributed by atoms with Crippen LogP contribution in [0.5, 0.6) is 5.75 Å². The van der Waals surface area contributed by atoms with Crippen LogP contribution in [0, 0.1) is 6.92 Å². The van der Waals surface area contributed by atoms with Crippen molar-refractivity contribution in [3.05, 3.63) is 45.6 Å². The van der Waals surface area contributed by atoms with Gasteiger partial charge in [-0.05, 0) is 36.1 Å². The number of anilines is 1. The zero-order chi connectivity index (χ0) is 12.4. The number of nitrogen functional groups attached to an aromatic ring is 1. The van der Waals surface area contributed by atoms with Gasteiger partial charge < -0.3 is 10.5 Å². The molecule has 0 aliphatic carbocycles. The molecule has 1 aromatic carbocycles. The van der Waals surface area contributed by atoms with E-state index < -0.39 is 0 Å². The highest BCUT2D eigenvalue weighted by Crippen LogP contribution is 2.25. The lowest BCUT2D eigenvalue weighted by molar-refractivity contribution is 0.104. The number of aryl methyl sites for hydroxylation is 1. The van der Waals surface area contributed by atoms with Crippen LogP contribution >= 0.6 is 11.3 Å². The number of nitrogens with two attached hydrogens (primary N) is 1. The molecule has 88 valence electrons. The van der Waals surface area contributed by atoms with Gasteiger partial charge in [0.1, 0.15) is 5.75 Å². The Bertz CT molecular complexity index is 560. The summed E-state index contributed by atoms with van der Waals surface area (Å²) in [5, 5.41) is 1.91. The summed E-state index contributed by atoms with van der Waals surface area (Å²) in [6.07, 6.45) is 0. The Morgan fingerprint density at radius 1 is 1.35 bits per heavy atom. The van der Waals surface area contributed by atoms with Gasteiger partial charge in [0.2, 0.25) is 5.78 Å². The second kappa shape index (κ2) is 4.59. The summed E-state index contributed by atoms with van der Waals surface area (Å²) < 4.78 is 5.06. The van der Waals surface area contributed by atoms with Gasteiger partial charge in [-0.15, -0.1) is 11.3 Å². The highest BCUT2D eigenvalue weighted by atomic mass is 32.1. The Hall–Kier alpha value is -1.81. The van der Waals surface area contributed by atoms with Gasteiger partial charge in [-0.25, -0.2) is 0 Å². The van der Waals surface area contributed by atoms with Crippen LogP contribution in [0.3, 0.4) is 0 Å². The first kappa shape index (κ1) is 11.7. The second-order valence-electron chi connectivity index (χ2n) is 3.72. The van der Waals surface area contributed by atoms with Crippen molar-refractivity contribution in [2.75, 3.05) is 12.8 Å². The SMILES string of the molecule is COc1ccc(C(=O)c2sccc2C)c(N)c1. The first-order valence-electron chi connectivity index (χ1n) is 5.16. The maximum atomic E-state index is 12.2. The van der Waals surface area contributed by atoms with E-state index in [-0.39, 0.29) is 5.78 Å². The summed E-state index contributed by atoms with van der Waals surface area (Å²) in [6.45, 7) is 1.92. The average molecular weight is 247 g/mol. The Balaban J connectivity index is 2.41. The van der Waals surface area contributed by atoms with Gasteiger partial charge in [0, 0.05) is 17.3 Å². The number of benzene rings is 1. The molecule has 0 atom stereocenters. The molecule has 0 amide bonds. The summed E-state index contributed by atoms with van der Waals surface area (Å²) in [6, 6.07) is 7.04. The molecule has 0 fully saturated rings. The van der Waals surface area contributed by atoms with E-state index in [1.807, 2.05) is 18.4 Å². The summed E-state index contributed by atoms with van der Waals surface area (Å²) in [5.41, 5.74) is 7.81. The van der Waals surface area contributed by atoms with Crippen LogP contribution in [0.2, 0.25) is 0 Å². The Labute approximate surface area is 104 Å². The number of rotatable bonds is 3. The van der Waals surface area contributed by atoms with Crippen molar-refractivity contribution < 1.29 is 9.53 Å². The number of hydrogen-bond acceptors (Lipinski definition) is 4. The first-order chi connectivity index (χ1) is 8.13. The zero-order valence-electron chi connectivity index (χ0n) is 9.69. The van der Waals surface area contributed by atoms with Crippen molar-refractivity contribution >= 4 is 22.8 Å². The van der Waals surface area contributed by atoms with Crippen LogP contribution in [0.15, 0.2) is 29.6 Å². The van der Waals surface area contributed by atoms with E-state index >= 15 is 0 Å². The maximum Gasteiger partial charge on any atom is 0.205 e. The van der Waals surface area contributed by atoms with Crippen LogP contribution in [0.1, 0.15) is 20.8 Å². The molecule has 0 spiro atoms. The van der Waals surface area contributed by atoms with Crippen LogP contribution in [0.25, 0.3) is 0 Å². The molecule has 17 heavy (non-hydrogen) atoms. The van der Waals surface area contributed by atoms with E-state index in [1.54, 1.807) is 25.3 Å². The number of methoxy groups -OCH3 is 1. The fraction of sp³-hybridized carbons (Fsp3) is 0.154. The van der Waals surface area contributed by atoms with Gasteiger partial charge in [-0.2, -0.15) is 0 Å². The molecule has 4 heteroatoms. The lowest BCUT2D eigenvalue weighted by atomic mass is 10.1. The third-order valence-corrected chi connectivity index (χ3v) is 3.59. The molecule has 3 nitrogen and oxygen atoms in total. The van der Waals surface area contributed by atoms with E-state index in [2.05, 4.69) is 0 Å². The molecular formula is C13H13NO2S.